The number of carbonyl (C=O) groups is 1. The van der Waals surface area contributed by atoms with Crippen LogP contribution in [0.2, 0.25) is 0 Å². The number of ether oxygens (including phenoxy) is 4. The second-order valence-corrected chi connectivity index (χ2v) is 6.87. The molecule has 0 saturated carbocycles. The van der Waals surface area contributed by atoms with Gasteiger partial charge in [0.2, 0.25) is 11.5 Å². The number of hydrogen-bond donors (Lipinski definition) is 0. The molecule has 0 atom stereocenters. The second-order valence-electron chi connectivity index (χ2n) is 6.53. The first-order valence-corrected chi connectivity index (χ1v) is 9.08. The van der Waals surface area contributed by atoms with E-state index >= 15 is 0 Å². The molecule has 0 aliphatic rings. The standard InChI is InChI=1S/C19H29ClO5/c1-8-9-22-16-14(19(20)21)10-15(23-11(2)3)17(24-12(4)5)18(16)25-13(6)7/h10-13H,8-9H2,1-7H3. The van der Waals surface area contributed by atoms with Crippen LogP contribution in [-0.4, -0.2) is 30.2 Å². The first-order chi connectivity index (χ1) is 11.7. The van der Waals surface area contributed by atoms with Crippen LogP contribution in [0.3, 0.4) is 0 Å². The van der Waals surface area contributed by atoms with Crippen molar-refractivity contribution in [2.75, 3.05) is 6.61 Å². The first kappa shape index (κ1) is 21.4. The maximum Gasteiger partial charge on any atom is 0.256 e. The van der Waals surface area contributed by atoms with Gasteiger partial charge in [0.1, 0.15) is 0 Å². The molecular weight excluding hydrogens is 344 g/mol. The highest BCUT2D eigenvalue weighted by Gasteiger charge is 2.28. The molecule has 0 amide bonds. The quantitative estimate of drug-likeness (QED) is 0.527. The van der Waals surface area contributed by atoms with Crippen LogP contribution in [0.1, 0.15) is 65.2 Å². The van der Waals surface area contributed by atoms with Gasteiger partial charge < -0.3 is 18.9 Å². The molecule has 0 saturated heterocycles. The lowest BCUT2D eigenvalue weighted by atomic mass is 10.1. The molecule has 0 N–H and O–H groups in total. The minimum atomic E-state index is -0.635. The van der Waals surface area contributed by atoms with Gasteiger partial charge in [0.05, 0.1) is 30.5 Å². The van der Waals surface area contributed by atoms with Gasteiger partial charge in [0.25, 0.3) is 5.24 Å². The van der Waals surface area contributed by atoms with Crippen LogP contribution >= 0.6 is 11.6 Å². The van der Waals surface area contributed by atoms with Gasteiger partial charge >= 0.3 is 0 Å². The molecule has 1 aromatic rings. The Labute approximate surface area is 155 Å². The Morgan fingerprint density at radius 1 is 0.920 bits per heavy atom. The fourth-order valence-electron chi connectivity index (χ4n) is 2.12. The summed E-state index contributed by atoms with van der Waals surface area (Å²) in [4.78, 5) is 12.0. The third kappa shape index (κ3) is 6.31. The molecule has 0 heterocycles. The van der Waals surface area contributed by atoms with Gasteiger partial charge in [-0.05, 0) is 59.6 Å². The highest BCUT2D eigenvalue weighted by atomic mass is 35.5. The van der Waals surface area contributed by atoms with Crippen LogP contribution in [0.4, 0.5) is 0 Å². The minimum absolute atomic E-state index is 0.109. The van der Waals surface area contributed by atoms with Gasteiger partial charge in [0.15, 0.2) is 11.5 Å². The summed E-state index contributed by atoms with van der Waals surface area (Å²) in [5, 5.41) is -0.635. The third-order valence-corrected chi connectivity index (χ3v) is 3.09. The average molecular weight is 373 g/mol. The van der Waals surface area contributed by atoms with Crippen LogP contribution in [0.25, 0.3) is 0 Å². The van der Waals surface area contributed by atoms with E-state index in [4.69, 9.17) is 30.5 Å². The smallest absolute Gasteiger partial charge is 0.256 e. The van der Waals surface area contributed by atoms with Crippen molar-refractivity contribution in [2.45, 2.75) is 73.2 Å². The summed E-state index contributed by atoms with van der Waals surface area (Å²) in [5.74, 6) is 1.47. The molecule has 142 valence electrons. The maximum absolute atomic E-state index is 12.0. The fourth-order valence-corrected chi connectivity index (χ4v) is 2.26. The summed E-state index contributed by atoms with van der Waals surface area (Å²) in [5.41, 5.74) is 0.206. The number of carbonyl (C=O) groups excluding carboxylic acids is 1. The lowest BCUT2D eigenvalue weighted by Gasteiger charge is -2.24. The largest absolute Gasteiger partial charge is 0.489 e. The molecule has 1 rings (SSSR count). The number of halogens is 1. The van der Waals surface area contributed by atoms with Crippen molar-refractivity contribution in [3.8, 4) is 23.0 Å². The van der Waals surface area contributed by atoms with Crippen molar-refractivity contribution >= 4 is 16.8 Å². The van der Waals surface area contributed by atoms with Crippen LogP contribution in [0.15, 0.2) is 6.07 Å². The van der Waals surface area contributed by atoms with E-state index in [1.807, 2.05) is 48.5 Å². The first-order valence-electron chi connectivity index (χ1n) is 8.70. The predicted molar refractivity (Wildman–Crippen MR) is 99.7 cm³/mol. The fraction of sp³-hybridized carbons (Fsp3) is 0.632. The Balaban J connectivity index is 3.67. The molecule has 1 aromatic carbocycles. The third-order valence-electron chi connectivity index (χ3n) is 2.89. The summed E-state index contributed by atoms with van der Waals surface area (Å²) in [6, 6.07) is 1.56. The van der Waals surface area contributed by atoms with E-state index in [-0.39, 0.29) is 23.9 Å². The number of rotatable bonds is 10. The van der Waals surface area contributed by atoms with E-state index in [1.54, 1.807) is 6.07 Å². The van der Waals surface area contributed by atoms with E-state index in [1.165, 1.54) is 0 Å². The zero-order valence-electron chi connectivity index (χ0n) is 16.1. The number of benzene rings is 1. The summed E-state index contributed by atoms with van der Waals surface area (Å²) in [6.45, 7) is 13.8. The Morgan fingerprint density at radius 3 is 1.88 bits per heavy atom. The number of hydrogen-bond acceptors (Lipinski definition) is 5. The van der Waals surface area contributed by atoms with Crippen molar-refractivity contribution in [2.24, 2.45) is 0 Å². The van der Waals surface area contributed by atoms with Gasteiger partial charge in [-0.15, -0.1) is 0 Å². The average Bonchev–Trinajstić information content (AvgIpc) is 2.47. The molecule has 0 unspecified atom stereocenters. The second kappa shape index (κ2) is 9.76. The molecule has 25 heavy (non-hydrogen) atoms. The molecule has 0 aromatic heterocycles. The zero-order valence-corrected chi connectivity index (χ0v) is 16.9. The molecular formula is C19H29ClO5. The highest BCUT2D eigenvalue weighted by molar-refractivity contribution is 6.68. The van der Waals surface area contributed by atoms with Gasteiger partial charge in [0, 0.05) is 6.07 Å². The topological polar surface area (TPSA) is 54.0 Å². The molecule has 0 aliphatic heterocycles. The van der Waals surface area contributed by atoms with Gasteiger partial charge in [-0.1, -0.05) is 6.92 Å². The van der Waals surface area contributed by atoms with Crippen molar-refractivity contribution in [1.29, 1.82) is 0 Å². The molecule has 6 heteroatoms. The van der Waals surface area contributed by atoms with Crippen molar-refractivity contribution in [1.82, 2.24) is 0 Å². The monoisotopic (exact) mass is 372 g/mol. The van der Waals surface area contributed by atoms with Gasteiger partial charge in [-0.25, -0.2) is 0 Å². The molecule has 0 aliphatic carbocycles. The Hall–Kier alpha value is -1.62. The van der Waals surface area contributed by atoms with Gasteiger partial charge in [-0.2, -0.15) is 0 Å². The summed E-state index contributed by atoms with van der Waals surface area (Å²) >= 11 is 5.79. The van der Waals surface area contributed by atoms with E-state index in [0.717, 1.165) is 6.42 Å². The Bertz CT molecular complexity index is 582. The summed E-state index contributed by atoms with van der Waals surface area (Å²) < 4.78 is 23.5. The highest BCUT2D eigenvalue weighted by Crippen LogP contribution is 2.48. The van der Waals surface area contributed by atoms with Crippen LogP contribution in [0.5, 0.6) is 23.0 Å². The van der Waals surface area contributed by atoms with E-state index in [9.17, 15) is 4.79 Å². The summed E-state index contributed by atoms with van der Waals surface area (Å²) in [7, 11) is 0. The van der Waals surface area contributed by atoms with Crippen molar-refractivity contribution in [3.05, 3.63) is 11.6 Å². The molecule has 0 fully saturated rings. The Morgan fingerprint density at radius 2 is 1.44 bits per heavy atom. The zero-order chi connectivity index (χ0) is 19.1. The van der Waals surface area contributed by atoms with Crippen molar-refractivity contribution < 1.29 is 23.7 Å². The SMILES string of the molecule is CCCOc1c(C(=O)Cl)cc(OC(C)C)c(OC(C)C)c1OC(C)C. The maximum atomic E-state index is 12.0. The normalized spacial score (nSPS) is 11.2. The van der Waals surface area contributed by atoms with E-state index in [0.29, 0.717) is 29.6 Å². The minimum Gasteiger partial charge on any atom is -0.489 e. The predicted octanol–water partition coefficient (Wildman–Crippen LogP) is 5.22. The van der Waals surface area contributed by atoms with E-state index in [2.05, 4.69) is 0 Å². The molecule has 5 nitrogen and oxygen atoms in total. The van der Waals surface area contributed by atoms with Crippen LogP contribution in [-0.2, 0) is 0 Å². The Kier molecular flexibility index (Phi) is 8.36. The van der Waals surface area contributed by atoms with Crippen LogP contribution < -0.4 is 18.9 Å². The van der Waals surface area contributed by atoms with Gasteiger partial charge in [-0.3, -0.25) is 4.79 Å². The molecule has 0 spiro atoms. The van der Waals surface area contributed by atoms with E-state index < -0.39 is 5.24 Å². The van der Waals surface area contributed by atoms with Crippen molar-refractivity contribution in [3.63, 3.8) is 0 Å². The lowest BCUT2D eigenvalue weighted by molar-refractivity contribution is 0.107. The molecule has 0 radical (unpaired) electrons. The molecule has 0 bridgehead atoms. The summed E-state index contributed by atoms with van der Waals surface area (Å²) in [6.07, 6.45) is 0.413. The van der Waals surface area contributed by atoms with Crippen LogP contribution in [0, 0.1) is 0 Å². The lowest BCUT2D eigenvalue weighted by Crippen LogP contribution is -2.16.